The van der Waals surface area contributed by atoms with Gasteiger partial charge in [-0.3, -0.25) is 4.57 Å². The predicted octanol–water partition coefficient (Wildman–Crippen LogP) is 1.11. The van der Waals surface area contributed by atoms with Crippen LogP contribution in [0.25, 0.3) is 0 Å². The average molecular weight is 283 g/mol. The van der Waals surface area contributed by atoms with E-state index in [4.69, 9.17) is 4.74 Å². The molecule has 106 valence electrons. The number of nitrogens with zero attached hydrogens (tertiary/aromatic N) is 3. The SMILES string of the molecule is O=c1n(CC2(CS)CCOCC2)nc2n1CCCC2. The zero-order valence-electron chi connectivity index (χ0n) is 11.2. The molecule has 0 spiro atoms. The maximum Gasteiger partial charge on any atom is 0.345 e. The van der Waals surface area contributed by atoms with Crippen LogP contribution in [0.1, 0.15) is 31.5 Å². The predicted molar refractivity (Wildman–Crippen MR) is 75.8 cm³/mol. The Bertz CT molecular complexity index is 502. The van der Waals surface area contributed by atoms with E-state index in [9.17, 15) is 4.79 Å². The second-order valence-electron chi connectivity index (χ2n) is 5.74. The van der Waals surface area contributed by atoms with Crippen LogP contribution in [-0.4, -0.2) is 33.3 Å². The van der Waals surface area contributed by atoms with Crippen molar-refractivity contribution < 1.29 is 4.74 Å². The van der Waals surface area contributed by atoms with E-state index in [1.807, 2.05) is 4.57 Å². The molecular formula is C13H21N3O2S. The van der Waals surface area contributed by atoms with Crippen molar-refractivity contribution in [2.24, 2.45) is 5.41 Å². The normalized spacial score (nSPS) is 22.2. The average Bonchev–Trinajstić information content (AvgIpc) is 2.77. The summed E-state index contributed by atoms with van der Waals surface area (Å²) in [5, 5.41) is 4.53. The monoisotopic (exact) mass is 283 g/mol. The molecule has 1 aromatic rings. The summed E-state index contributed by atoms with van der Waals surface area (Å²) in [6, 6.07) is 0. The number of aromatic nitrogens is 3. The first-order chi connectivity index (χ1) is 9.24. The number of hydrogen-bond donors (Lipinski definition) is 1. The van der Waals surface area contributed by atoms with Crippen LogP contribution in [0.15, 0.2) is 4.79 Å². The molecule has 0 aromatic carbocycles. The molecule has 2 aliphatic rings. The van der Waals surface area contributed by atoms with Crippen molar-refractivity contribution in [2.45, 2.75) is 45.2 Å². The van der Waals surface area contributed by atoms with E-state index in [-0.39, 0.29) is 11.1 Å². The number of aryl methyl sites for hydroxylation is 1. The molecule has 0 amide bonds. The van der Waals surface area contributed by atoms with E-state index in [2.05, 4.69) is 17.7 Å². The van der Waals surface area contributed by atoms with Crippen molar-refractivity contribution in [1.29, 1.82) is 0 Å². The highest BCUT2D eigenvalue weighted by Crippen LogP contribution is 2.33. The molecule has 1 fully saturated rings. The van der Waals surface area contributed by atoms with Crippen LogP contribution in [0.5, 0.6) is 0 Å². The largest absolute Gasteiger partial charge is 0.381 e. The molecule has 6 heteroatoms. The van der Waals surface area contributed by atoms with Gasteiger partial charge in [0.05, 0.1) is 6.54 Å². The Balaban J connectivity index is 1.86. The zero-order chi connectivity index (χ0) is 13.3. The molecule has 0 saturated carbocycles. The summed E-state index contributed by atoms with van der Waals surface area (Å²) in [6.07, 6.45) is 5.08. The summed E-state index contributed by atoms with van der Waals surface area (Å²) < 4.78 is 8.94. The fraction of sp³-hybridized carbons (Fsp3) is 0.846. The van der Waals surface area contributed by atoms with Gasteiger partial charge >= 0.3 is 5.69 Å². The Morgan fingerprint density at radius 3 is 2.79 bits per heavy atom. The van der Waals surface area contributed by atoms with Gasteiger partial charge in [0.25, 0.3) is 0 Å². The first kappa shape index (κ1) is 13.2. The number of thiol groups is 1. The van der Waals surface area contributed by atoms with E-state index in [1.54, 1.807) is 4.68 Å². The van der Waals surface area contributed by atoms with E-state index in [0.717, 1.165) is 63.4 Å². The van der Waals surface area contributed by atoms with Crippen LogP contribution >= 0.6 is 12.6 Å². The molecule has 0 unspecified atom stereocenters. The minimum Gasteiger partial charge on any atom is -0.381 e. The Morgan fingerprint density at radius 1 is 1.32 bits per heavy atom. The van der Waals surface area contributed by atoms with Gasteiger partial charge in [-0.25, -0.2) is 9.48 Å². The maximum absolute atomic E-state index is 12.4. The van der Waals surface area contributed by atoms with Crippen molar-refractivity contribution in [1.82, 2.24) is 14.3 Å². The lowest BCUT2D eigenvalue weighted by molar-refractivity contribution is 0.0159. The van der Waals surface area contributed by atoms with Gasteiger partial charge in [0.2, 0.25) is 0 Å². The van der Waals surface area contributed by atoms with Crippen LogP contribution in [0.2, 0.25) is 0 Å². The van der Waals surface area contributed by atoms with Gasteiger partial charge in [-0.05, 0) is 31.4 Å². The van der Waals surface area contributed by atoms with Gasteiger partial charge in [-0.2, -0.15) is 17.7 Å². The van der Waals surface area contributed by atoms with Gasteiger partial charge in [-0.1, -0.05) is 0 Å². The maximum atomic E-state index is 12.4. The molecule has 5 nitrogen and oxygen atoms in total. The lowest BCUT2D eigenvalue weighted by atomic mass is 9.82. The lowest BCUT2D eigenvalue weighted by Gasteiger charge is -2.35. The fourth-order valence-electron chi connectivity index (χ4n) is 3.04. The molecule has 0 N–H and O–H groups in total. The fourth-order valence-corrected chi connectivity index (χ4v) is 3.46. The third-order valence-electron chi connectivity index (χ3n) is 4.41. The third kappa shape index (κ3) is 2.48. The first-order valence-corrected chi connectivity index (χ1v) is 7.72. The van der Waals surface area contributed by atoms with Gasteiger partial charge in [0.1, 0.15) is 5.82 Å². The molecule has 1 saturated heterocycles. The second kappa shape index (κ2) is 5.32. The second-order valence-corrected chi connectivity index (χ2v) is 6.05. The van der Waals surface area contributed by atoms with Crippen LogP contribution in [0.4, 0.5) is 0 Å². The third-order valence-corrected chi connectivity index (χ3v) is 5.08. The van der Waals surface area contributed by atoms with Crippen molar-refractivity contribution in [3.05, 3.63) is 16.3 Å². The van der Waals surface area contributed by atoms with Gasteiger partial charge in [0.15, 0.2) is 0 Å². The molecule has 3 rings (SSSR count). The molecule has 3 heterocycles. The molecule has 19 heavy (non-hydrogen) atoms. The molecule has 2 aliphatic heterocycles. The van der Waals surface area contributed by atoms with Gasteiger partial charge < -0.3 is 4.74 Å². The summed E-state index contributed by atoms with van der Waals surface area (Å²) in [7, 11) is 0. The highest BCUT2D eigenvalue weighted by molar-refractivity contribution is 7.80. The molecule has 0 aliphatic carbocycles. The minimum absolute atomic E-state index is 0.0577. The highest BCUT2D eigenvalue weighted by atomic mass is 32.1. The Hall–Kier alpha value is -0.750. The van der Waals surface area contributed by atoms with Crippen LogP contribution in [0.3, 0.4) is 0 Å². The summed E-state index contributed by atoms with van der Waals surface area (Å²) in [6.45, 7) is 3.04. The quantitative estimate of drug-likeness (QED) is 0.845. The summed E-state index contributed by atoms with van der Waals surface area (Å²) in [5.74, 6) is 1.74. The molecule has 0 atom stereocenters. The number of fused-ring (bicyclic) bond motifs is 1. The number of rotatable bonds is 3. The van der Waals surface area contributed by atoms with Crippen LogP contribution in [-0.2, 0) is 24.2 Å². The van der Waals surface area contributed by atoms with Crippen molar-refractivity contribution in [3.8, 4) is 0 Å². The lowest BCUT2D eigenvalue weighted by Crippen LogP contribution is -2.39. The van der Waals surface area contributed by atoms with E-state index < -0.39 is 0 Å². The van der Waals surface area contributed by atoms with Crippen LogP contribution in [0, 0.1) is 5.41 Å². The summed E-state index contributed by atoms with van der Waals surface area (Å²) >= 11 is 4.50. The summed E-state index contributed by atoms with van der Waals surface area (Å²) in [5.41, 5.74) is 0.123. The Morgan fingerprint density at radius 2 is 2.11 bits per heavy atom. The van der Waals surface area contributed by atoms with E-state index >= 15 is 0 Å². The van der Waals surface area contributed by atoms with E-state index in [1.165, 1.54) is 0 Å². The standard InChI is InChI=1S/C13H21N3O2S/c17-12-15-6-2-1-3-11(15)14-16(12)9-13(10-19)4-7-18-8-5-13/h19H,1-10H2. The summed E-state index contributed by atoms with van der Waals surface area (Å²) in [4.78, 5) is 12.4. The minimum atomic E-state index is 0.0577. The Kier molecular flexibility index (Phi) is 3.71. The van der Waals surface area contributed by atoms with E-state index in [0.29, 0.717) is 6.54 Å². The smallest absolute Gasteiger partial charge is 0.345 e. The zero-order valence-corrected chi connectivity index (χ0v) is 12.1. The van der Waals surface area contributed by atoms with Crippen molar-refractivity contribution >= 4 is 12.6 Å². The molecular weight excluding hydrogens is 262 g/mol. The van der Waals surface area contributed by atoms with Crippen molar-refractivity contribution in [3.63, 3.8) is 0 Å². The highest BCUT2D eigenvalue weighted by Gasteiger charge is 2.33. The Labute approximate surface area is 118 Å². The van der Waals surface area contributed by atoms with Gasteiger partial charge in [-0.15, -0.1) is 0 Å². The topological polar surface area (TPSA) is 49.1 Å². The van der Waals surface area contributed by atoms with Crippen molar-refractivity contribution in [2.75, 3.05) is 19.0 Å². The molecule has 1 aromatic heterocycles. The number of ether oxygens (including phenoxy) is 1. The van der Waals surface area contributed by atoms with Gasteiger partial charge in [0, 0.05) is 31.6 Å². The molecule has 0 radical (unpaired) electrons. The number of hydrogen-bond acceptors (Lipinski definition) is 4. The molecule has 0 bridgehead atoms. The first-order valence-electron chi connectivity index (χ1n) is 7.09. The van der Waals surface area contributed by atoms with Crippen LogP contribution < -0.4 is 5.69 Å².